The maximum Gasteiger partial charge on any atom is 0.128 e. The molecule has 1 atom stereocenters. The standard InChI is InChI=1S/C9H12FNO2/c10-8-3-6(4-12)1-2-7(8)9(11)5-13/h1-3,9,12-13H,4-5,11H2/t9-/m1/s1. The second-order valence-corrected chi connectivity index (χ2v) is 2.80. The first-order valence-electron chi connectivity index (χ1n) is 3.94. The molecule has 0 aliphatic heterocycles. The van der Waals surface area contributed by atoms with Crippen molar-refractivity contribution in [1.82, 2.24) is 0 Å². The molecule has 0 radical (unpaired) electrons. The molecule has 0 amide bonds. The van der Waals surface area contributed by atoms with Crippen molar-refractivity contribution in [2.24, 2.45) is 5.73 Å². The van der Waals surface area contributed by atoms with Crippen LogP contribution in [-0.2, 0) is 6.61 Å². The van der Waals surface area contributed by atoms with Crippen LogP contribution in [0.2, 0.25) is 0 Å². The summed E-state index contributed by atoms with van der Waals surface area (Å²) in [4.78, 5) is 0. The molecule has 0 aliphatic carbocycles. The van der Waals surface area contributed by atoms with Crippen LogP contribution in [0.5, 0.6) is 0 Å². The van der Waals surface area contributed by atoms with E-state index in [0.29, 0.717) is 5.56 Å². The van der Waals surface area contributed by atoms with Gasteiger partial charge in [-0.2, -0.15) is 0 Å². The van der Waals surface area contributed by atoms with Gasteiger partial charge in [0, 0.05) is 5.56 Å². The predicted molar refractivity (Wildman–Crippen MR) is 46.3 cm³/mol. The average molecular weight is 185 g/mol. The van der Waals surface area contributed by atoms with Crippen molar-refractivity contribution in [3.05, 3.63) is 35.1 Å². The van der Waals surface area contributed by atoms with Gasteiger partial charge in [0.05, 0.1) is 19.3 Å². The van der Waals surface area contributed by atoms with E-state index in [4.69, 9.17) is 15.9 Å². The van der Waals surface area contributed by atoms with Gasteiger partial charge < -0.3 is 15.9 Å². The van der Waals surface area contributed by atoms with Gasteiger partial charge in [0.1, 0.15) is 5.82 Å². The van der Waals surface area contributed by atoms with Gasteiger partial charge in [-0.1, -0.05) is 12.1 Å². The van der Waals surface area contributed by atoms with Gasteiger partial charge in [-0.05, 0) is 11.6 Å². The van der Waals surface area contributed by atoms with Crippen molar-refractivity contribution in [3.8, 4) is 0 Å². The number of nitrogens with two attached hydrogens (primary N) is 1. The Bertz CT molecular complexity index is 291. The lowest BCUT2D eigenvalue weighted by Crippen LogP contribution is -2.16. The summed E-state index contributed by atoms with van der Waals surface area (Å²) in [6.07, 6.45) is 0. The van der Waals surface area contributed by atoms with E-state index in [9.17, 15) is 4.39 Å². The second kappa shape index (κ2) is 4.32. The summed E-state index contributed by atoms with van der Waals surface area (Å²) in [6.45, 7) is -0.499. The normalized spacial score (nSPS) is 12.9. The van der Waals surface area contributed by atoms with Crippen molar-refractivity contribution in [1.29, 1.82) is 0 Å². The lowest BCUT2D eigenvalue weighted by Gasteiger charge is -2.10. The SMILES string of the molecule is N[C@H](CO)c1ccc(CO)cc1F. The number of hydrogen-bond acceptors (Lipinski definition) is 3. The van der Waals surface area contributed by atoms with E-state index in [-0.39, 0.29) is 18.8 Å². The lowest BCUT2D eigenvalue weighted by molar-refractivity contribution is 0.264. The van der Waals surface area contributed by atoms with E-state index in [0.717, 1.165) is 0 Å². The number of aliphatic hydroxyl groups is 2. The van der Waals surface area contributed by atoms with E-state index < -0.39 is 11.9 Å². The Morgan fingerprint density at radius 3 is 2.54 bits per heavy atom. The number of benzene rings is 1. The smallest absolute Gasteiger partial charge is 0.128 e. The number of hydrogen-bond donors (Lipinski definition) is 3. The Balaban J connectivity index is 2.98. The van der Waals surface area contributed by atoms with Crippen LogP contribution in [0, 0.1) is 5.82 Å². The van der Waals surface area contributed by atoms with Crippen LogP contribution in [0.3, 0.4) is 0 Å². The summed E-state index contributed by atoms with van der Waals surface area (Å²) in [6, 6.07) is 3.56. The van der Waals surface area contributed by atoms with Crippen LogP contribution in [0.4, 0.5) is 4.39 Å². The summed E-state index contributed by atoms with van der Waals surface area (Å²) in [7, 11) is 0. The Labute approximate surface area is 75.6 Å². The Morgan fingerprint density at radius 1 is 1.38 bits per heavy atom. The molecule has 0 spiro atoms. The van der Waals surface area contributed by atoms with E-state index in [1.165, 1.54) is 12.1 Å². The molecule has 0 bridgehead atoms. The predicted octanol–water partition coefficient (Wildman–Crippen LogP) is 0.310. The lowest BCUT2D eigenvalue weighted by atomic mass is 10.1. The molecule has 0 heterocycles. The largest absolute Gasteiger partial charge is 0.394 e. The van der Waals surface area contributed by atoms with Crippen molar-refractivity contribution >= 4 is 0 Å². The molecule has 1 rings (SSSR count). The minimum atomic E-state index is -0.701. The van der Waals surface area contributed by atoms with E-state index >= 15 is 0 Å². The molecule has 3 nitrogen and oxygen atoms in total. The maximum atomic E-state index is 13.2. The third-order valence-electron chi connectivity index (χ3n) is 1.84. The number of halogens is 1. The monoisotopic (exact) mass is 185 g/mol. The Morgan fingerprint density at radius 2 is 2.08 bits per heavy atom. The van der Waals surface area contributed by atoms with Gasteiger partial charge >= 0.3 is 0 Å². The first-order chi connectivity index (χ1) is 6.19. The first kappa shape index (κ1) is 10.1. The van der Waals surface area contributed by atoms with Gasteiger partial charge in [-0.3, -0.25) is 0 Å². The van der Waals surface area contributed by atoms with Gasteiger partial charge in [0.2, 0.25) is 0 Å². The zero-order valence-electron chi connectivity index (χ0n) is 7.07. The molecule has 1 aromatic carbocycles. The molecule has 0 saturated carbocycles. The zero-order chi connectivity index (χ0) is 9.84. The molecular formula is C9H12FNO2. The summed E-state index contributed by atoms with van der Waals surface area (Å²) in [5.41, 5.74) is 6.19. The molecule has 0 aromatic heterocycles. The summed E-state index contributed by atoms with van der Waals surface area (Å²) < 4.78 is 13.2. The van der Waals surface area contributed by atoms with Crippen molar-refractivity contribution in [2.45, 2.75) is 12.6 Å². The molecule has 4 N–H and O–H groups in total. The van der Waals surface area contributed by atoms with Gasteiger partial charge in [0.15, 0.2) is 0 Å². The minimum Gasteiger partial charge on any atom is -0.394 e. The summed E-state index contributed by atoms with van der Waals surface area (Å²) in [5, 5.41) is 17.4. The highest BCUT2D eigenvalue weighted by Crippen LogP contribution is 2.16. The van der Waals surface area contributed by atoms with Crippen molar-refractivity contribution in [2.75, 3.05) is 6.61 Å². The molecule has 4 heteroatoms. The summed E-state index contributed by atoms with van der Waals surface area (Å²) >= 11 is 0. The summed E-state index contributed by atoms with van der Waals surface area (Å²) in [5.74, 6) is -0.492. The number of rotatable bonds is 3. The van der Waals surface area contributed by atoms with Gasteiger partial charge in [-0.15, -0.1) is 0 Å². The molecule has 13 heavy (non-hydrogen) atoms. The fourth-order valence-corrected chi connectivity index (χ4v) is 1.07. The highest BCUT2D eigenvalue weighted by molar-refractivity contribution is 5.26. The van der Waals surface area contributed by atoms with Crippen LogP contribution in [0.25, 0.3) is 0 Å². The van der Waals surface area contributed by atoms with E-state index in [1.807, 2.05) is 0 Å². The van der Waals surface area contributed by atoms with E-state index in [2.05, 4.69) is 0 Å². The van der Waals surface area contributed by atoms with E-state index in [1.54, 1.807) is 6.07 Å². The maximum absolute atomic E-state index is 13.2. The van der Waals surface area contributed by atoms with Gasteiger partial charge in [0.25, 0.3) is 0 Å². The Hall–Kier alpha value is -0.970. The molecule has 0 unspecified atom stereocenters. The molecule has 0 fully saturated rings. The second-order valence-electron chi connectivity index (χ2n) is 2.80. The van der Waals surface area contributed by atoms with Crippen LogP contribution in [-0.4, -0.2) is 16.8 Å². The quantitative estimate of drug-likeness (QED) is 0.635. The number of aliphatic hydroxyl groups excluding tert-OH is 2. The van der Waals surface area contributed by atoms with Crippen molar-refractivity contribution in [3.63, 3.8) is 0 Å². The average Bonchev–Trinajstić information content (AvgIpc) is 2.16. The minimum absolute atomic E-state index is 0.203. The van der Waals surface area contributed by atoms with Crippen molar-refractivity contribution < 1.29 is 14.6 Å². The van der Waals surface area contributed by atoms with Crippen LogP contribution in [0.1, 0.15) is 17.2 Å². The molecule has 72 valence electrons. The highest BCUT2D eigenvalue weighted by atomic mass is 19.1. The first-order valence-corrected chi connectivity index (χ1v) is 3.94. The fraction of sp³-hybridized carbons (Fsp3) is 0.333. The zero-order valence-corrected chi connectivity index (χ0v) is 7.07. The molecule has 1 aromatic rings. The highest BCUT2D eigenvalue weighted by Gasteiger charge is 2.10. The van der Waals surface area contributed by atoms with Crippen LogP contribution < -0.4 is 5.73 Å². The fourth-order valence-electron chi connectivity index (χ4n) is 1.07. The molecule has 0 aliphatic rings. The Kier molecular flexibility index (Phi) is 3.36. The van der Waals surface area contributed by atoms with Crippen LogP contribution in [0.15, 0.2) is 18.2 Å². The third-order valence-corrected chi connectivity index (χ3v) is 1.84. The van der Waals surface area contributed by atoms with Crippen LogP contribution >= 0.6 is 0 Å². The third kappa shape index (κ3) is 2.24. The topological polar surface area (TPSA) is 66.5 Å². The van der Waals surface area contributed by atoms with Gasteiger partial charge in [-0.25, -0.2) is 4.39 Å². The molecular weight excluding hydrogens is 173 g/mol. The molecule has 0 saturated heterocycles.